The summed E-state index contributed by atoms with van der Waals surface area (Å²) in [5, 5.41) is 1.02. The third-order valence-electron chi connectivity index (χ3n) is 1.99. The van der Waals surface area contributed by atoms with E-state index in [1.165, 1.54) is 5.43 Å². The molecule has 76 valence electrons. The van der Waals surface area contributed by atoms with Gasteiger partial charge in [0.25, 0.3) is 0 Å². The molecular weight excluding hydrogens is 176 g/mol. The Morgan fingerprint density at radius 1 is 1.21 bits per heavy atom. The van der Waals surface area contributed by atoms with E-state index >= 15 is 0 Å². The lowest BCUT2D eigenvalue weighted by molar-refractivity contribution is -0.583. The Morgan fingerprint density at radius 2 is 1.93 bits per heavy atom. The molecule has 0 atom stereocenters. The normalized spacial score (nSPS) is 9.64. The van der Waals surface area contributed by atoms with E-state index in [4.69, 9.17) is 11.6 Å². The number of hydrogen-bond donors (Lipinski definition) is 4. The van der Waals surface area contributed by atoms with Crippen LogP contribution < -0.4 is 17.0 Å². The highest BCUT2D eigenvalue weighted by molar-refractivity contribution is 5.95. The van der Waals surface area contributed by atoms with Crippen LogP contribution in [0.2, 0.25) is 0 Å². The van der Waals surface area contributed by atoms with Crippen molar-refractivity contribution in [3.63, 3.8) is 0 Å². The van der Waals surface area contributed by atoms with Gasteiger partial charge >= 0.3 is 0 Å². The summed E-state index contributed by atoms with van der Waals surface area (Å²) >= 11 is 0. The van der Waals surface area contributed by atoms with Gasteiger partial charge in [-0.15, -0.1) is 0 Å². The summed E-state index contributed by atoms with van der Waals surface area (Å²) in [6, 6.07) is 5.80. The maximum atomic E-state index is 5.84. The number of aromatic nitrogens is 1. The largest absolute Gasteiger partial charge is 0.393 e. The predicted molar refractivity (Wildman–Crippen MR) is 59.8 cm³/mol. The van der Waals surface area contributed by atoms with Crippen molar-refractivity contribution in [3.8, 4) is 0 Å². The van der Waals surface area contributed by atoms with Crippen molar-refractivity contribution in [3.05, 3.63) is 24.4 Å². The molecule has 2 aromatic rings. The average molecular weight is 193 g/mol. The fourth-order valence-electron chi connectivity index (χ4n) is 1.32. The molecule has 0 radical (unpaired) electrons. The SMILES string of the molecule is CC.N[NH2+]c1ccc2[nH]ccc2c1N. The van der Waals surface area contributed by atoms with E-state index in [0.717, 1.165) is 22.3 Å². The van der Waals surface area contributed by atoms with E-state index in [2.05, 4.69) is 4.98 Å². The Balaban J connectivity index is 0.000000461. The van der Waals surface area contributed by atoms with E-state index in [1.54, 1.807) is 0 Å². The third-order valence-corrected chi connectivity index (χ3v) is 1.99. The third kappa shape index (κ3) is 1.71. The molecule has 1 heterocycles. The summed E-state index contributed by atoms with van der Waals surface area (Å²) in [6.07, 6.45) is 1.86. The molecule has 0 fully saturated rings. The summed E-state index contributed by atoms with van der Waals surface area (Å²) in [4.78, 5) is 3.08. The van der Waals surface area contributed by atoms with Crippen LogP contribution in [0.3, 0.4) is 0 Å². The molecule has 1 aromatic heterocycles. The van der Waals surface area contributed by atoms with Gasteiger partial charge < -0.3 is 10.7 Å². The Hall–Kier alpha value is -1.52. The highest BCUT2D eigenvalue weighted by Gasteiger charge is 2.05. The second-order valence-corrected chi connectivity index (χ2v) is 2.67. The Labute approximate surface area is 83.3 Å². The van der Waals surface area contributed by atoms with Gasteiger partial charge in [-0.3, -0.25) is 0 Å². The quantitative estimate of drug-likeness (QED) is 0.307. The first kappa shape index (κ1) is 10.6. The number of H-pyrrole nitrogens is 1. The molecule has 7 N–H and O–H groups in total. The minimum atomic E-state index is 0.733. The number of hydrogen-bond acceptors (Lipinski definition) is 2. The molecule has 4 heteroatoms. The molecule has 0 spiro atoms. The Morgan fingerprint density at radius 3 is 2.57 bits per heavy atom. The van der Waals surface area contributed by atoms with Crippen LogP contribution in [0.1, 0.15) is 13.8 Å². The second kappa shape index (κ2) is 4.64. The minimum absolute atomic E-state index is 0.733. The number of benzene rings is 1. The number of nitrogens with one attached hydrogen (secondary N) is 1. The zero-order valence-corrected chi connectivity index (χ0v) is 8.54. The number of rotatable bonds is 1. The van der Waals surface area contributed by atoms with E-state index in [0.29, 0.717) is 0 Å². The smallest absolute Gasteiger partial charge is 0.172 e. The van der Waals surface area contributed by atoms with Crippen molar-refractivity contribution < 1.29 is 5.43 Å². The highest BCUT2D eigenvalue weighted by Crippen LogP contribution is 2.24. The molecule has 0 bridgehead atoms. The first-order chi connectivity index (χ1) is 6.83. The molecule has 0 aliphatic heterocycles. The molecule has 0 saturated carbocycles. The number of anilines is 1. The topological polar surface area (TPSA) is 84.4 Å². The zero-order valence-electron chi connectivity index (χ0n) is 8.54. The number of fused-ring (bicyclic) bond motifs is 1. The minimum Gasteiger partial charge on any atom is -0.393 e. The number of aromatic amines is 1. The van der Waals surface area contributed by atoms with E-state index in [1.807, 2.05) is 38.2 Å². The van der Waals surface area contributed by atoms with E-state index in [9.17, 15) is 0 Å². The summed E-state index contributed by atoms with van der Waals surface area (Å²) < 4.78 is 0. The molecule has 0 unspecified atom stereocenters. The molecule has 2 rings (SSSR count). The average Bonchev–Trinajstić information content (AvgIpc) is 2.70. The molecule has 0 amide bonds. The lowest BCUT2D eigenvalue weighted by Gasteiger charge is -1.99. The number of nitrogens with two attached hydrogens (primary N) is 3. The van der Waals surface area contributed by atoms with Gasteiger partial charge in [0, 0.05) is 23.2 Å². The van der Waals surface area contributed by atoms with Gasteiger partial charge in [0.2, 0.25) is 0 Å². The van der Waals surface area contributed by atoms with Crippen molar-refractivity contribution in [2.45, 2.75) is 13.8 Å². The monoisotopic (exact) mass is 193 g/mol. The van der Waals surface area contributed by atoms with Crippen LogP contribution >= 0.6 is 0 Å². The van der Waals surface area contributed by atoms with Crippen LogP contribution in [0.5, 0.6) is 0 Å². The molecule has 0 aliphatic carbocycles. The van der Waals surface area contributed by atoms with Crippen LogP contribution in [-0.2, 0) is 0 Å². The first-order valence-corrected chi connectivity index (χ1v) is 4.73. The van der Waals surface area contributed by atoms with Crippen LogP contribution in [0, 0.1) is 0 Å². The van der Waals surface area contributed by atoms with Crippen molar-refractivity contribution in [2.24, 2.45) is 5.84 Å². The Kier molecular flexibility index (Phi) is 3.50. The summed E-state index contributed by atoms with van der Waals surface area (Å²) in [5.74, 6) is 5.40. The van der Waals surface area contributed by atoms with Crippen LogP contribution in [0.4, 0.5) is 11.4 Å². The molecule has 14 heavy (non-hydrogen) atoms. The summed E-state index contributed by atoms with van der Waals surface area (Å²) in [5.41, 5.74) is 10.0. The molecule has 1 aromatic carbocycles. The van der Waals surface area contributed by atoms with Crippen LogP contribution in [-0.4, -0.2) is 4.98 Å². The lowest BCUT2D eigenvalue weighted by Crippen LogP contribution is -2.85. The molecule has 0 saturated heterocycles. The van der Waals surface area contributed by atoms with Gasteiger partial charge in [-0.25, -0.2) is 5.43 Å². The zero-order chi connectivity index (χ0) is 10.6. The van der Waals surface area contributed by atoms with Gasteiger partial charge in [-0.05, 0) is 12.1 Å². The van der Waals surface area contributed by atoms with Gasteiger partial charge in [-0.2, -0.15) is 5.84 Å². The van der Waals surface area contributed by atoms with E-state index < -0.39 is 0 Å². The number of nitrogen functional groups attached to an aromatic ring is 1. The molecule has 0 aliphatic rings. The fraction of sp³-hybridized carbons (Fsp3) is 0.200. The van der Waals surface area contributed by atoms with Gasteiger partial charge in [0.15, 0.2) is 5.69 Å². The molecule has 4 nitrogen and oxygen atoms in total. The Bertz CT molecular complexity index is 405. The van der Waals surface area contributed by atoms with Gasteiger partial charge in [0.1, 0.15) is 5.69 Å². The van der Waals surface area contributed by atoms with Gasteiger partial charge in [0.05, 0.1) is 0 Å². The van der Waals surface area contributed by atoms with Gasteiger partial charge in [-0.1, -0.05) is 13.8 Å². The van der Waals surface area contributed by atoms with E-state index in [-0.39, 0.29) is 0 Å². The number of quaternary nitrogens is 1. The summed E-state index contributed by atoms with van der Waals surface area (Å²) in [6.45, 7) is 4.00. The first-order valence-electron chi connectivity index (χ1n) is 4.73. The maximum absolute atomic E-state index is 5.84. The second-order valence-electron chi connectivity index (χ2n) is 2.67. The van der Waals surface area contributed by atoms with Crippen molar-refractivity contribution in [1.82, 2.24) is 4.98 Å². The van der Waals surface area contributed by atoms with Crippen molar-refractivity contribution in [2.75, 3.05) is 5.73 Å². The molecular formula is C10H17N4+. The fourth-order valence-corrected chi connectivity index (χ4v) is 1.32. The standard InChI is InChI=1S/C8H10N4.C2H6/c9-8-5-3-4-11-6(5)1-2-7(8)12-10;1-2/h1-4,11-12H,9-10H2;1-2H3/p+1. The summed E-state index contributed by atoms with van der Waals surface area (Å²) in [7, 11) is 0. The highest BCUT2D eigenvalue weighted by atomic mass is 15.2. The van der Waals surface area contributed by atoms with Crippen LogP contribution in [0.15, 0.2) is 24.4 Å². The van der Waals surface area contributed by atoms with Crippen molar-refractivity contribution >= 4 is 22.3 Å². The lowest BCUT2D eigenvalue weighted by atomic mass is 10.2. The predicted octanol–water partition coefficient (Wildman–Crippen LogP) is 0.845. The van der Waals surface area contributed by atoms with Crippen LogP contribution in [0.25, 0.3) is 10.9 Å². The van der Waals surface area contributed by atoms with Crippen molar-refractivity contribution in [1.29, 1.82) is 0 Å². The maximum Gasteiger partial charge on any atom is 0.172 e.